The minimum atomic E-state index is -0.564. The third-order valence-electron chi connectivity index (χ3n) is 3.64. The molecule has 2 rings (SSSR count). The van der Waals surface area contributed by atoms with Crippen molar-refractivity contribution in [3.8, 4) is 5.69 Å². The molecule has 2 aromatic rings. The number of rotatable bonds is 6. The van der Waals surface area contributed by atoms with E-state index in [-0.39, 0.29) is 11.8 Å². The lowest BCUT2D eigenvalue weighted by molar-refractivity contribution is -0.122. The lowest BCUT2D eigenvalue weighted by atomic mass is 10.1. The van der Waals surface area contributed by atoms with Gasteiger partial charge in [-0.25, -0.2) is 0 Å². The van der Waals surface area contributed by atoms with Gasteiger partial charge < -0.3 is 15.2 Å². The highest BCUT2D eigenvalue weighted by Crippen LogP contribution is 2.16. The van der Waals surface area contributed by atoms with Crippen molar-refractivity contribution in [3.63, 3.8) is 0 Å². The molecule has 0 spiro atoms. The first-order chi connectivity index (χ1) is 11.0. The highest BCUT2D eigenvalue weighted by atomic mass is 16.2. The summed E-state index contributed by atoms with van der Waals surface area (Å²) >= 11 is 0. The molecule has 5 nitrogen and oxygen atoms in total. The molecule has 0 fully saturated rings. The zero-order chi connectivity index (χ0) is 16.8. The van der Waals surface area contributed by atoms with E-state index in [4.69, 9.17) is 0 Å². The number of carbonyl (C=O) groups is 2. The van der Waals surface area contributed by atoms with Crippen LogP contribution in [0.5, 0.6) is 0 Å². The molecule has 2 N–H and O–H groups in total. The van der Waals surface area contributed by atoms with Crippen molar-refractivity contribution in [2.45, 2.75) is 33.2 Å². The van der Waals surface area contributed by atoms with E-state index < -0.39 is 6.04 Å². The molecule has 0 radical (unpaired) electrons. The average Bonchev–Trinajstić information content (AvgIpc) is 3.07. The third-order valence-corrected chi connectivity index (χ3v) is 3.64. The molecule has 0 aliphatic carbocycles. The van der Waals surface area contributed by atoms with Crippen molar-refractivity contribution in [3.05, 3.63) is 53.9 Å². The zero-order valence-electron chi connectivity index (χ0n) is 13.8. The van der Waals surface area contributed by atoms with Crippen LogP contribution in [0, 0.1) is 6.92 Å². The molecule has 0 aliphatic heterocycles. The van der Waals surface area contributed by atoms with Gasteiger partial charge in [0.2, 0.25) is 5.91 Å². The Morgan fingerprint density at radius 2 is 1.91 bits per heavy atom. The summed E-state index contributed by atoms with van der Waals surface area (Å²) in [6, 6.07) is 8.82. The average molecular weight is 313 g/mol. The first-order valence-corrected chi connectivity index (χ1v) is 7.85. The molecule has 5 heteroatoms. The number of aromatic nitrogens is 1. The highest BCUT2D eigenvalue weighted by Gasteiger charge is 2.16. The number of nitrogens with zero attached hydrogens (tertiary/aromatic N) is 1. The predicted molar refractivity (Wildman–Crippen MR) is 90.7 cm³/mol. The molecule has 0 saturated heterocycles. The van der Waals surface area contributed by atoms with E-state index in [1.807, 2.05) is 55.1 Å². The molecule has 0 aliphatic rings. The van der Waals surface area contributed by atoms with E-state index in [0.717, 1.165) is 17.7 Å². The lowest BCUT2D eigenvalue weighted by Gasteiger charge is -2.15. The standard InChI is InChI=1S/C18H23N3O2/c1-4-9-19-17(22)14(3)20-18(23)15-8-7-13(2)16(12-15)21-10-5-6-11-21/h5-8,10-12,14H,4,9H2,1-3H3,(H,19,22)(H,20,23). The Balaban J connectivity index is 2.11. The molecule has 1 aromatic heterocycles. The molecule has 2 amide bonds. The van der Waals surface area contributed by atoms with Crippen LogP contribution in [-0.4, -0.2) is 29.0 Å². The van der Waals surface area contributed by atoms with Crippen molar-refractivity contribution in [2.24, 2.45) is 0 Å². The van der Waals surface area contributed by atoms with Crippen LogP contribution in [0.25, 0.3) is 5.69 Å². The number of aryl methyl sites for hydroxylation is 1. The maximum Gasteiger partial charge on any atom is 0.251 e. The molecule has 1 atom stereocenters. The monoisotopic (exact) mass is 313 g/mol. The number of hydrogen-bond donors (Lipinski definition) is 2. The quantitative estimate of drug-likeness (QED) is 0.860. The van der Waals surface area contributed by atoms with E-state index in [9.17, 15) is 9.59 Å². The second kappa shape index (κ2) is 7.63. The van der Waals surface area contributed by atoms with Gasteiger partial charge in [0.05, 0.1) is 0 Å². The topological polar surface area (TPSA) is 63.1 Å². The van der Waals surface area contributed by atoms with E-state index in [1.165, 1.54) is 0 Å². The maximum atomic E-state index is 12.4. The number of amides is 2. The Morgan fingerprint density at radius 1 is 1.22 bits per heavy atom. The predicted octanol–water partition coefficient (Wildman–Crippen LogP) is 2.43. The summed E-state index contributed by atoms with van der Waals surface area (Å²) in [5.41, 5.74) is 2.56. The summed E-state index contributed by atoms with van der Waals surface area (Å²) < 4.78 is 1.96. The Hall–Kier alpha value is -2.56. The van der Waals surface area contributed by atoms with E-state index in [1.54, 1.807) is 13.0 Å². The smallest absolute Gasteiger partial charge is 0.251 e. The SMILES string of the molecule is CCCNC(=O)C(C)NC(=O)c1ccc(C)c(-n2cccc2)c1. The highest BCUT2D eigenvalue weighted by molar-refractivity contribution is 5.97. The van der Waals surface area contributed by atoms with Crippen LogP contribution in [0.4, 0.5) is 0 Å². The van der Waals surface area contributed by atoms with Gasteiger partial charge >= 0.3 is 0 Å². The van der Waals surface area contributed by atoms with Gasteiger partial charge in [0.25, 0.3) is 5.91 Å². The van der Waals surface area contributed by atoms with Crippen molar-refractivity contribution >= 4 is 11.8 Å². The summed E-state index contributed by atoms with van der Waals surface area (Å²) in [4.78, 5) is 24.2. The first kappa shape index (κ1) is 16.8. The van der Waals surface area contributed by atoms with Gasteiger partial charge in [0.1, 0.15) is 6.04 Å². The Bertz CT molecular complexity index is 678. The molecular weight excluding hydrogens is 290 g/mol. The molecule has 1 aromatic carbocycles. The second-order valence-corrected chi connectivity index (χ2v) is 5.58. The summed E-state index contributed by atoms with van der Waals surface area (Å²) in [6.07, 6.45) is 4.74. The number of carbonyl (C=O) groups excluding carboxylic acids is 2. The molecule has 0 saturated carbocycles. The molecular formula is C18H23N3O2. The van der Waals surface area contributed by atoms with Gasteiger partial charge in [-0.2, -0.15) is 0 Å². The fraction of sp³-hybridized carbons (Fsp3) is 0.333. The summed E-state index contributed by atoms with van der Waals surface area (Å²) in [5, 5.41) is 5.51. The van der Waals surface area contributed by atoms with Crippen LogP contribution in [0.1, 0.15) is 36.2 Å². The minimum Gasteiger partial charge on any atom is -0.354 e. The van der Waals surface area contributed by atoms with Gasteiger partial charge in [-0.1, -0.05) is 13.0 Å². The Kier molecular flexibility index (Phi) is 5.57. The van der Waals surface area contributed by atoms with Crippen LogP contribution in [0.2, 0.25) is 0 Å². The largest absolute Gasteiger partial charge is 0.354 e. The van der Waals surface area contributed by atoms with Gasteiger partial charge in [0.15, 0.2) is 0 Å². The van der Waals surface area contributed by atoms with Gasteiger partial charge in [-0.15, -0.1) is 0 Å². The van der Waals surface area contributed by atoms with E-state index >= 15 is 0 Å². The minimum absolute atomic E-state index is 0.169. The summed E-state index contributed by atoms with van der Waals surface area (Å²) in [7, 11) is 0. The van der Waals surface area contributed by atoms with Gasteiger partial charge in [-0.3, -0.25) is 9.59 Å². The fourth-order valence-corrected chi connectivity index (χ4v) is 2.27. The Labute approximate surface area is 136 Å². The van der Waals surface area contributed by atoms with Crippen LogP contribution in [0.3, 0.4) is 0 Å². The van der Waals surface area contributed by atoms with Crippen molar-refractivity contribution < 1.29 is 9.59 Å². The van der Waals surface area contributed by atoms with E-state index in [0.29, 0.717) is 12.1 Å². The normalized spacial score (nSPS) is 11.8. The number of hydrogen-bond acceptors (Lipinski definition) is 2. The molecule has 23 heavy (non-hydrogen) atoms. The molecule has 1 heterocycles. The molecule has 0 bridgehead atoms. The van der Waals surface area contributed by atoms with Crippen molar-refractivity contribution in [1.29, 1.82) is 0 Å². The summed E-state index contributed by atoms with van der Waals surface area (Å²) in [6.45, 7) is 6.28. The Morgan fingerprint density at radius 3 is 2.57 bits per heavy atom. The summed E-state index contributed by atoms with van der Waals surface area (Å²) in [5.74, 6) is -0.421. The van der Waals surface area contributed by atoms with Gasteiger partial charge in [0, 0.05) is 30.2 Å². The van der Waals surface area contributed by atoms with Crippen LogP contribution < -0.4 is 10.6 Å². The molecule has 122 valence electrons. The zero-order valence-corrected chi connectivity index (χ0v) is 13.8. The van der Waals surface area contributed by atoms with Crippen molar-refractivity contribution in [1.82, 2.24) is 15.2 Å². The van der Waals surface area contributed by atoms with Gasteiger partial charge in [-0.05, 0) is 50.1 Å². The fourth-order valence-electron chi connectivity index (χ4n) is 2.27. The number of benzene rings is 1. The van der Waals surface area contributed by atoms with E-state index in [2.05, 4.69) is 10.6 Å². The van der Waals surface area contributed by atoms with Crippen LogP contribution in [0.15, 0.2) is 42.7 Å². The van der Waals surface area contributed by atoms with Crippen LogP contribution >= 0.6 is 0 Å². The van der Waals surface area contributed by atoms with Crippen LogP contribution in [-0.2, 0) is 4.79 Å². The first-order valence-electron chi connectivity index (χ1n) is 7.85. The second-order valence-electron chi connectivity index (χ2n) is 5.58. The number of nitrogens with one attached hydrogen (secondary N) is 2. The maximum absolute atomic E-state index is 12.4. The lowest BCUT2D eigenvalue weighted by Crippen LogP contribution is -2.45. The van der Waals surface area contributed by atoms with Crippen molar-refractivity contribution in [2.75, 3.05) is 6.54 Å². The third kappa shape index (κ3) is 4.22. The molecule has 1 unspecified atom stereocenters.